The van der Waals surface area contributed by atoms with Crippen molar-refractivity contribution in [2.24, 2.45) is 5.92 Å². The average Bonchev–Trinajstić information content (AvgIpc) is 2.54. The van der Waals surface area contributed by atoms with Gasteiger partial charge in [-0.1, -0.05) is 6.58 Å². The van der Waals surface area contributed by atoms with Crippen molar-refractivity contribution in [2.45, 2.75) is 44.1 Å². The number of carbonyl (C=O) groups is 1. The van der Waals surface area contributed by atoms with Gasteiger partial charge in [-0.2, -0.15) is 13.2 Å². The molecule has 2 rings (SSSR count). The third-order valence-corrected chi connectivity index (χ3v) is 3.30. The fourth-order valence-electron chi connectivity index (χ4n) is 2.46. The number of hydrogen-bond donors (Lipinski definition) is 0. The molecule has 0 N–H and O–H groups in total. The Kier molecular flexibility index (Phi) is 2.82. The van der Waals surface area contributed by atoms with Gasteiger partial charge in [0.15, 0.2) is 5.78 Å². The monoisotopic (exact) mass is 234 g/mol. The van der Waals surface area contributed by atoms with Crippen molar-refractivity contribution in [1.82, 2.24) is 0 Å². The van der Waals surface area contributed by atoms with Crippen molar-refractivity contribution in [3.63, 3.8) is 0 Å². The molecular formula is C11H13F3O2. The first-order valence-corrected chi connectivity index (χ1v) is 5.33. The number of alkyl halides is 3. The molecule has 0 spiro atoms. The molecule has 0 radical (unpaired) electrons. The molecule has 2 saturated heterocycles. The summed E-state index contributed by atoms with van der Waals surface area (Å²) in [6, 6.07) is 0. The maximum absolute atomic E-state index is 12.3. The zero-order chi connectivity index (χ0) is 11.9. The van der Waals surface area contributed by atoms with E-state index >= 15 is 0 Å². The highest BCUT2D eigenvalue weighted by Gasteiger charge is 2.44. The fourth-order valence-corrected chi connectivity index (χ4v) is 2.46. The Morgan fingerprint density at radius 3 is 2.12 bits per heavy atom. The Hall–Kier alpha value is -0.840. The Morgan fingerprint density at radius 2 is 1.69 bits per heavy atom. The fraction of sp³-hybridized carbons (Fsp3) is 0.727. The first-order chi connectivity index (χ1) is 7.38. The first kappa shape index (κ1) is 11.6. The number of fused-ring (bicyclic) bond motifs is 2. The molecule has 0 aromatic heterocycles. The summed E-state index contributed by atoms with van der Waals surface area (Å²) in [5, 5.41) is 0. The Balaban J connectivity index is 2.03. The molecule has 2 aliphatic heterocycles. The lowest BCUT2D eigenvalue weighted by Gasteiger charge is -2.28. The molecule has 2 fully saturated rings. The van der Waals surface area contributed by atoms with Crippen LogP contribution < -0.4 is 0 Å². The molecule has 2 nitrogen and oxygen atoms in total. The molecule has 2 bridgehead atoms. The van der Waals surface area contributed by atoms with Crippen LogP contribution in [0.2, 0.25) is 0 Å². The smallest absolute Gasteiger partial charge is 0.375 e. The normalized spacial score (nSPS) is 33.8. The van der Waals surface area contributed by atoms with Gasteiger partial charge in [0.2, 0.25) is 0 Å². The average molecular weight is 234 g/mol. The molecular weight excluding hydrogens is 221 g/mol. The van der Waals surface area contributed by atoms with E-state index in [1.165, 1.54) is 0 Å². The van der Waals surface area contributed by atoms with Gasteiger partial charge in [-0.25, -0.2) is 0 Å². The van der Waals surface area contributed by atoms with Crippen LogP contribution in [0.25, 0.3) is 0 Å². The number of Topliss-reactive ketones (excluding diaryl/α,β-unsaturated/α-hetero) is 1. The molecule has 2 aliphatic rings. The minimum atomic E-state index is -4.60. The standard InChI is InChI=1S/C11H13F3O2/c1-6(11(12,13)14)10(15)7-4-8-2-3-9(5-7)16-8/h7-9H,1-5H2. The third-order valence-electron chi connectivity index (χ3n) is 3.30. The summed E-state index contributed by atoms with van der Waals surface area (Å²) < 4.78 is 42.4. The number of ether oxygens (including phenoxy) is 1. The Bertz CT molecular complexity index is 310. The lowest BCUT2D eigenvalue weighted by Crippen LogP contribution is -2.33. The molecule has 16 heavy (non-hydrogen) atoms. The summed E-state index contributed by atoms with van der Waals surface area (Å²) in [7, 11) is 0. The molecule has 0 aromatic rings. The molecule has 5 heteroatoms. The molecule has 0 aromatic carbocycles. The van der Waals surface area contributed by atoms with E-state index in [-0.39, 0.29) is 12.2 Å². The second-order valence-corrected chi connectivity index (χ2v) is 4.47. The number of rotatable bonds is 2. The van der Waals surface area contributed by atoms with Crippen molar-refractivity contribution in [3.05, 3.63) is 12.2 Å². The van der Waals surface area contributed by atoms with Crippen LogP contribution in [0.15, 0.2) is 12.2 Å². The van der Waals surface area contributed by atoms with Crippen LogP contribution in [0.4, 0.5) is 13.2 Å². The predicted molar refractivity (Wildman–Crippen MR) is 50.8 cm³/mol. The maximum Gasteiger partial charge on any atom is 0.419 e. The van der Waals surface area contributed by atoms with Crippen molar-refractivity contribution in [3.8, 4) is 0 Å². The van der Waals surface area contributed by atoms with Gasteiger partial charge >= 0.3 is 6.18 Å². The van der Waals surface area contributed by atoms with E-state index in [9.17, 15) is 18.0 Å². The van der Waals surface area contributed by atoms with E-state index in [0.717, 1.165) is 12.8 Å². The van der Waals surface area contributed by atoms with Crippen molar-refractivity contribution < 1.29 is 22.7 Å². The second-order valence-electron chi connectivity index (χ2n) is 4.47. The molecule has 0 aliphatic carbocycles. The maximum atomic E-state index is 12.3. The van der Waals surface area contributed by atoms with Crippen LogP contribution >= 0.6 is 0 Å². The van der Waals surface area contributed by atoms with Gasteiger partial charge in [0.25, 0.3) is 0 Å². The quantitative estimate of drug-likeness (QED) is 0.686. The van der Waals surface area contributed by atoms with E-state index in [1.807, 2.05) is 0 Å². The van der Waals surface area contributed by atoms with Crippen molar-refractivity contribution in [1.29, 1.82) is 0 Å². The first-order valence-electron chi connectivity index (χ1n) is 5.33. The van der Waals surface area contributed by atoms with Gasteiger partial charge in [0, 0.05) is 5.92 Å². The van der Waals surface area contributed by atoms with Crippen LogP contribution in [-0.4, -0.2) is 24.2 Å². The van der Waals surface area contributed by atoms with E-state index < -0.39 is 23.5 Å². The lowest BCUT2D eigenvalue weighted by molar-refractivity contribution is -0.136. The van der Waals surface area contributed by atoms with Gasteiger partial charge in [0.1, 0.15) is 0 Å². The molecule has 2 unspecified atom stereocenters. The largest absolute Gasteiger partial charge is 0.419 e. The minimum absolute atomic E-state index is 0.0336. The van der Waals surface area contributed by atoms with Gasteiger partial charge < -0.3 is 4.74 Å². The third kappa shape index (κ3) is 2.14. The number of carbonyl (C=O) groups excluding carboxylic acids is 1. The van der Waals surface area contributed by atoms with E-state index in [1.54, 1.807) is 0 Å². The number of hydrogen-bond acceptors (Lipinski definition) is 2. The van der Waals surface area contributed by atoms with Crippen molar-refractivity contribution >= 4 is 5.78 Å². The highest BCUT2D eigenvalue weighted by molar-refractivity contribution is 5.97. The summed E-state index contributed by atoms with van der Waals surface area (Å²) in [6.45, 7) is 2.86. The highest BCUT2D eigenvalue weighted by atomic mass is 19.4. The number of ketones is 1. The summed E-state index contributed by atoms with van der Waals surface area (Å²) in [5.41, 5.74) is -1.22. The van der Waals surface area contributed by atoms with Crippen LogP contribution in [-0.2, 0) is 9.53 Å². The van der Waals surface area contributed by atoms with Crippen LogP contribution in [0.3, 0.4) is 0 Å². The summed E-state index contributed by atoms with van der Waals surface area (Å²) >= 11 is 0. The van der Waals surface area contributed by atoms with Crippen LogP contribution in [0.1, 0.15) is 25.7 Å². The predicted octanol–water partition coefficient (Wildman–Crippen LogP) is 2.63. The van der Waals surface area contributed by atoms with Crippen LogP contribution in [0.5, 0.6) is 0 Å². The van der Waals surface area contributed by atoms with E-state index in [4.69, 9.17) is 4.74 Å². The Labute approximate surface area is 91.5 Å². The van der Waals surface area contributed by atoms with Gasteiger partial charge in [-0.3, -0.25) is 4.79 Å². The van der Waals surface area contributed by atoms with Gasteiger partial charge in [0.05, 0.1) is 17.8 Å². The van der Waals surface area contributed by atoms with E-state index in [0.29, 0.717) is 12.8 Å². The highest BCUT2D eigenvalue weighted by Crippen LogP contribution is 2.38. The molecule has 2 atom stereocenters. The summed E-state index contributed by atoms with van der Waals surface area (Å²) in [5.74, 6) is -1.41. The second kappa shape index (κ2) is 3.87. The van der Waals surface area contributed by atoms with Crippen molar-refractivity contribution in [2.75, 3.05) is 0 Å². The molecule has 2 heterocycles. The molecule has 90 valence electrons. The SMILES string of the molecule is C=C(C(=O)C1CC2CCC(C1)O2)C(F)(F)F. The van der Waals surface area contributed by atoms with Crippen LogP contribution in [0, 0.1) is 5.92 Å². The molecule has 0 saturated carbocycles. The zero-order valence-corrected chi connectivity index (χ0v) is 8.72. The van der Waals surface area contributed by atoms with Gasteiger partial charge in [-0.15, -0.1) is 0 Å². The summed E-state index contributed by atoms with van der Waals surface area (Å²) in [4.78, 5) is 11.6. The Morgan fingerprint density at radius 1 is 1.19 bits per heavy atom. The lowest BCUT2D eigenvalue weighted by atomic mass is 9.88. The number of allylic oxidation sites excluding steroid dienone is 1. The topological polar surface area (TPSA) is 26.3 Å². The van der Waals surface area contributed by atoms with E-state index in [2.05, 4.69) is 6.58 Å². The number of halogens is 3. The molecule has 0 amide bonds. The zero-order valence-electron chi connectivity index (χ0n) is 8.72. The van der Waals surface area contributed by atoms with Gasteiger partial charge in [-0.05, 0) is 25.7 Å². The summed E-state index contributed by atoms with van der Waals surface area (Å²) in [6.07, 6.45) is -2.15. The minimum Gasteiger partial charge on any atom is -0.375 e.